The minimum atomic E-state index is -4.21. The molecule has 2 amide bonds. The van der Waals surface area contributed by atoms with Gasteiger partial charge in [0.1, 0.15) is 5.82 Å². The fourth-order valence-electron chi connectivity index (χ4n) is 3.06. The van der Waals surface area contributed by atoms with Crippen molar-refractivity contribution in [1.82, 2.24) is 25.1 Å². The van der Waals surface area contributed by atoms with Crippen LogP contribution in [0.25, 0.3) is 11.0 Å². The van der Waals surface area contributed by atoms with Gasteiger partial charge in [-0.3, -0.25) is 4.90 Å². The predicted molar refractivity (Wildman–Crippen MR) is 91.8 cm³/mol. The molecule has 1 atom stereocenters. The molecule has 2 aromatic rings. The van der Waals surface area contributed by atoms with Crippen molar-refractivity contribution in [3.8, 4) is 0 Å². The highest BCUT2D eigenvalue weighted by Gasteiger charge is 2.33. The molecular formula is C17H22F3N5O. The zero-order valence-corrected chi connectivity index (χ0v) is 14.7. The number of fused-ring (bicyclic) bond motifs is 1. The van der Waals surface area contributed by atoms with Crippen molar-refractivity contribution < 1.29 is 18.0 Å². The number of nitrogens with zero attached hydrogens (tertiary/aromatic N) is 3. The van der Waals surface area contributed by atoms with Crippen molar-refractivity contribution in [2.24, 2.45) is 0 Å². The molecule has 1 aliphatic rings. The van der Waals surface area contributed by atoms with E-state index in [9.17, 15) is 18.0 Å². The summed E-state index contributed by atoms with van der Waals surface area (Å²) < 4.78 is 37.3. The highest BCUT2D eigenvalue weighted by molar-refractivity contribution is 5.77. The number of amides is 2. The summed E-state index contributed by atoms with van der Waals surface area (Å²) in [6, 6.07) is 5.25. The predicted octanol–water partition coefficient (Wildman–Crippen LogP) is 2.82. The second kappa shape index (κ2) is 7.14. The number of hydrogen-bond donors (Lipinski definition) is 2. The van der Waals surface area contributed by atoms with Crippen molar-refractivity contribution in [2.75, 3.05) is 32.7 Å². The van der Waals surface area contributed by atoms with Crippen LogP contribution in [-0.2, 0) is 0 Å². The summed E-state index contributed by atoms with van der Waals surface area (Å²) in [4.78, 5) is 22.9. The Bertz CT molecular complexity index is 780. The second-order valence-corrected chi connectivity index (χ2v) is 6.69. The maximum Gasteiger partial charge on any atom is 0.401 e. The Kier molecular flexibility index (Phi) is 5.08. The average molecular weight is 369 g/mol. The lowest BCUT2D eigenvalue weighted by molar-refractivity contribution is -0.148. The van der Waals surface area contributed by atoms with Gasteiger partial charge in [-0.05, 0) is 31.5 Å². The summed E-state index contributed by atoms with van der Waals surface area (Å²) in [5.41, 5.74) is 2.84. The molecule has 9 heteroatoms. The molecule has 1 aromatic carbocycles. The SMILES string of the molecule is Cc1ccc2nc([C@H](C)NC(=O)N3CCN(CC(F)(F)F)CC3)[nH]c2c1. The number of H-pyrrole nitrogens is 1. The van der Waals surface area contributed by atoms with Gasteiger partial charge in [0.15, 0.2) is 0 Å². The summed E-state index contributed by atoms with van der Waals surface area (Å²) in [6.45, 7) is 3.85. The van der Waals surface area contributed by atoms with E-state index in [0.717, 1.165) is 16.6 Å². The van der Waals surface area contributed by atoms with Gasteiger partial charge in [0.2, 0.25) is 0 Å². The van der Waals surface area contributed by atoms with Crippen LogP contribution >= 0.6 is 0 Å². The van der Waals surface area contributed by atoms with E-state index in [1.165, 1.54) is 9.80 Å². The molecule has 1 aromatic heterocycles. The van der Waals surface area contributed by atoms with Gasteiger partial charge >= 0.3 is 12.2 Å². The number of aryl methyl sites for hydroxylation is 1. The number of hydrogen-bond acceptors (Lipinski definition) is 3. The normalized spacial score (nSPS) is 17.5. The highest BCUT2D eigenvalue weighted by atomic mass is 19.4. The number of carbonyl (C=O) groups is 1. The highest BCUT2D eigenvalue weighted by Crippen LogP contribution is 2.19. The molecule has 1 fully saturated rings. The van der Waals surface area contributed by atoms with Crippen molar-refractivity contribution in [2.45, 2.75) is 26.1 Å². The molecule has 26 heavy (non-hydrogen) atoms. The molecule has 1 saturated heterocycles. The Morgan fingerprint density at radius 1 is 1.31 bits per heavy atom. The number of alkyl halides is 3. The fourth-order valence-corrected chi connectivity index (χ4v) is 3.06. The third-order valence-corrected chi connectivity index (χ3v) is 4.47. The number of aromatic nitrogens is 2. The van der Waals surface area contributed by atoms with Crippen LogP contribution in [0.3, 0.4) is 0 Å². The first-order valence-electron chi connectivity index (χ1n) is 8.52. The smallest absolute Gasteiger partial charge is 0.340 e. The molecule has 0 unspecified atom stereocenters. The zero-order valence-electron chi connectivity index (χ0n) is 14.7. The number of nitrogens with one attached hydrogen (secondary N) is 2. The van der Waals surface area contributed by atoms with Gasteiger partial charge in [0, 0.05) is 26.2 Å². The van der Waals surface area contributed by atoms with Crippen LogP contribution in [0.4, 0.5) is 18.0 Å². The Labute approximate surface area is 149 Å². The van der Waals surface area contributed by atoms with Crippen molar-refractivity contribution in [1.29, 1.82) is 0 Å². The number of urea groups is 1. The first kappa shape index (κ1) is 18.5. The van der Waals surface area contributed by atoms with E-state index in [0.29, 0.717) is 5.82 Å². The molecule has 0 radical (unpaired) electrons. The summed E-state index contributed by atoms with van der Waals surface area (Å²) in [6.07, 6.45) is -4.21. The molecular weight excluding hydrogens is 347 g/mol. The monoisotopic (exact) mass is 369 g/mol. The second-order valence-electron chi connectivity index (χ2n) is 6.69. The molecule has 1 aliphatic heterocycles. The minimum Gasteiger partial charge on any atom is -0.340 e. The zero-order chi connectivity index (χ0) is 18.9. The Hall–Kier alpha value is -2.29. The number of rotatable bonds is 3. The van der Waals surface area contributed by atoms with Crippen LogP contribution in [0, 0.1) is 6.92 Å². The van der Waals surface area contributed by atoms with E-state index in [-0.39, 0.29) is 38.3 Å². The number of halogens is 3. The molecule has 0 bridgehead atoms. The Morgan fingerprint density at radius 3 is 2.65 bits per heavy atom. The molecule has 2 heterocycles. The Balaban J connectivity index is 1.56. The maximum atomic E-state index is 12.4. The van der Waals surface area contributed by atoms with Crippen LogP contribution in [0.5, 0.6) is 0 Å². The lowest BCUT2D eigenvalue weighted by Crippen LogP contribution is -2.53. The molecule has 2 N–H and O–H groups in total. The third kappa shape index (κ3) is 4.46. The molecule has 3 rings (SSSR count). The van der Waals surface area contributed by atoms with Crippen LogP contribution in [-0.4, -0.2) is 64.7 Å². The van der Waals surface area contributed by atoms with Crippen molar-refractivity contribution >= 4 is 17.1 Å². The third-order valence-electron chi connectivity index (χ3n) is 4.47. The quantitative estimate of drug-likeness (QED) is 0.875. The average Bonchev–Trinajstić information content (AvgIpc) is 2.97. The van der Waals surface area contributed by atoms with Gasteiger partial charge in [-0.2, -0.15) is 13.2 Å². The summed E-state index contributed by atoms with van der Waals surface area (Å²) >= 11 is 0. The number of piperazine rings is 1. The summed E-state index contributed by atoms with van der Waals surface area (Å²) in [5.74, 6) is 0.648. The van der Waals surface area contributed by atoms with Gasteiger partial charge in [-0.1, -0.05) is 6.07 Å². The van der Waals surface area contributed by atoms with Gasteiger partial charge in [0.05, 0.1) is 23.6 Å². The first-order chi connectivity index (χ1) is 12.2. The van der Waals surface area contributed by atoms with Gasteiger partial charge < -0.3 is 15.2 Å². The first-order valence-corrected chi connectivity index (χ1v) is 8.52. The number of aromatic amines is 1. The van der Waals surface area contributed by atoms with Gasteiger partial charge in [-0.25, -0.2) is 9.78 Å². The molecule has 142 valence electrons. The largest absolute Gasteiger partial charge is 0.401 e. The van der Waals surface area contributed by atoms with E-state index < -0.39 is 12.7 Å². The molecule has 6 nitrogen and oxygen atoms in total. The standard InChI is InChI=1S/C17H22F3N5O/c1-11-3-4-13-14(9-11)23-15(22-13)12(2)21-16(26)25-7-5-24(6-8-25)10-17(18,19)20/h3-4,9,12H,5-8,10H2,1-2H3,(H,21,26)(H,22,23)/t12-/m0/s1. The van der Waals surface area contributed by atoms with Crippen LogP contribution in [0.15, 0.2) is 18.2 Å². The molecule has 0 spiro atoms. The molecule has 0 aliphatic carbocycles. The summed E-state index contributed by atoms with van der Waals surface area (Å²) in [5, 5.41) is 2.86. The molecule has 0 saturated carbocycles. The summed E-state index contributed by atoms with van der Waals surface area (Å²) in [7, 11) is 0. The topological polar surface area (TPSA) is 64.3 Å². The van der Waals surface area contributed by atoms with E-state index in [1.807, 2.05) is 32.0 Å². The van der Waals surface area contributed by atoms with Crippen LogP contribution in [0.1, 0.15) is 24.4 Å². The van der Waals surface area contributed by atoms with E-state index in [1.54, 1.807) is 0 Å². The van der Waals surface area contributed by atoms with Crippen molar-refractivity contribution in [3.63, 3.8) is 0 Å². The lowest BCUT2D eigenvalue weighted by Gasteiger charge is -2.35. The number of carbonyl (C=O) groups excluding carboxylic acids is 1. The number of imidazole rings is 1. The minimum absolute atomic E-state index is 0.214. The Morgan fingerprint density at radius 2 is 2.00 bits per heavy atom. The van der Waals surface area contributed by atoms with E-state index in [2.05, 4.69) is 15.3 Å². The maximum absolute atomic E-state index is 12.4. The lowest BCUT2D eigenvalue weighted by atomic mass is 10.2. The number of benzene rings is 1. The van der Waals surface area contributed by atoms with Crippen LogP contribution in [0.2, 0.25) is 0 Å². The van der Waals surface area contributed by atoms with Gasteiger partial charge in [0.25, 0.3) is 0 Å². The van der Waals surface area contributed by atoms with Crippen molar-refractivity contribution in [3.05, 3.63) is 29.6 Å². The fraction of sp³-hybridized carbons (Fsp3) is 0.529. The van der Waals surface area contributed by atoms with E-state index in [4.69, 9.17) is 0 Å². The van der Waals surface area contributed by atoms with E-state index >= 15 is 0 Å². The van der Waals surface area contributed by atoms with Gasteiger partial charge in [-0.15, -0.1) is 0 Å². The van der Waals surface area contributed by atoms with Crippen LogP contribution < -0.4 is 5.32 Å².